The van der Waals surface area contributed by atoms with E-state index in [9.17, 15) is 13.6 Å². The van der Waals surface area contributed by atoms with E-state index in [2.05, 4.69) is 20.9 Å². The molecule has 1 heterocycles. The van der Waals surface area contributed by atoms with Crippen molar-refractivity contribution < 1.29 is 18.7 Å². The van der Waals surface area contributed by atoms with Gasteiger partial charge >= 0.3 is 0 Å². The van der Waals surface area contributed by atoms with Gasteiger partial charge in [0.1, 0.15) is 4.60 Å². The number of aromatic nitrogens is 1. The van der Waals surface area contributed by atoms with E-state index in [4.69, 9.17) is 5.11 Å². The second-order valence-corrected chi connectivity index (χ2v) is 3.96. The van der Waals surface area contributed by atoms with Gasteiger partial charge in [-0.3, -0.25) is 4.79 Å². The number of hydrogen-bond acceptors (Lipinski definition) is 3. The summed E-state index contributed by atoms with van der Waals surface area (Å²) in [6.07, 6.45) is -1.16. The zero-order valence-corrected chi connectivity index (χ0v) is 10.4. The predicted molar refractivity (Wildman–Crippen MR) is 60.9 cm³/mol. The van der Waals surface area contributed by atoms with E-state index in [0.717, 1.165) is 4.90 Å². The first kappa shape index (κ1) is 14.0. The molecule has 17 heavy (non-hydrogen) atoms. The van der Waals surface area contributed by atoms with Gasteiger partial charge in [-0.25, -0.2) is 13.8 Å². The van der Waals surface area contributed by atoms with E-state index in [-0.39, 0.29) is 18.7 Å². The molecule has 0 fully saturated rings. The summed E-state index contributed by atoms with van der Waals surface area (Å²) in [6.45, 7) is -1.21. The number of carbonyl (C=O) groups is 1. The number of carbonyl (C=O) groups excluding carboxylic acids is 1. The van der Waals surface area contributed by atoms with Gasteiger partial charge in [0.25, 0.3) is 12.3 Å². The van der Waals surface area contributed by atoms with Gasteiger partial charge in [-0.05, 0) is 28.1 Å². The molecular formula is C10H11BrF2N2O2. The van der Waals surface area contributed by atoms with E-state index in [1.807, 2.05) is 0 Å². The molecule has 1 aromatic rings. The summed E-state index contributed by atoms with van der Waals surface area (Å²) in [4.78, 5) is 16.6. The Bertz CT molecular complexity index is 390. The highest BCUT2D eigenvalue weighted by molar-refractivity contribution is 9.10. The Morgan fingerprint density at radius 1 is 1.59 bits per heavy atom. The van der Waals surface area contributed by atoms with Crippen LogP contribution in [0.5, 0.6) is 0 Å². The Morgan fingerprint density at radius 3 is 2.82 bits per heavy atom. The summed E-state index contributed by atoms with van der Waals surface area (Å²) in [5, 5.41) is 8.75. The lowest BCUT2D eigenvalue weighted by Gasteiger charge is -2.21. The summed E-state index contributed by atoms with van der Waals surface area (Å²) in [5.74, 6) is -0.584. The molecule has 0 aliphatic heterocycles. The SMILES string of the molecule is O=C(c1cccnc1Br)N(CCO)CC(F)F. The smallest absolute Gasteiger partial charge is 0.256 e. The maximum absolute atomic E-state index is 12.3. The zero-order chi connectivity index (χ0) is 12.8. The van der Waals surface area contributed by atoms with Gasteiger partial charge in [0.05, 0.1) is 18.7 Å². The molecule has 0 spiro atoms. The van der Waals surface area contributed by atoms with Crippen molar-refractivity contribution in [3.05, 3.63) is 28.5 Å². The predicted octanol–water partition coefficient (Wildman–Crippen LogP) is 1.54. The lowest BCUT2D eigenvalue weighted by molar-refractivity contribution is 0.0508. The number of alkyl halides is 2. The average molecular weight is 309 g/mol. The Hall–Kier alpha value is -1.08. The molecule has 0 saturated carbocycles. The van der Waals surface area contributed by atoms with Crippen LogP contribution in [-0.2, 0) is 0 Å². The molecule has 0 radical (unpaired) electrons. The standard InChI is InChI=1S/C10H11BrF2N2O2/c11-9-7(2-1-3-14-9)10(17)15(4-5-16)6-8(12)13/h1-3,8,16H,4-6H2. The minimum Gasteiger partial charge on any atom is -0.395 e. The number of aliphatic hydroxyl groups excluding tert-OH is 1. The lowest BCUT2D eigenvalue weighted by atomic mass is 10.2. The first-order valence-electron chi connectivity index (χ1n) is 4.85. The highest BCUT2D eigenvalue weighted by atomic mass is 79.9. The first-order valence-corrected chi connectivity index (χ1v) is 5.64. The summed E-state index contributed by atoms with van der Waals surface area (Å²) in [6, 6.07) is 3.02. The number of aliphatic hydroxyl groups is 1. The molecule has 0 aliphatic rings. The first-order chi connectivity index (χ1) is 8.06. The molecule has 0 saturated heterocycles. The van der Waals surface area contributed by atoms with Crippen molar-refractivity contribution in [3.63, 3.8) is 0 Å². The molecular weight excluding hydrogens is 298 g/mol. The van der Waals surface area contributed by atoms with Crippen molar-refractivity contribution in [2.24, 2.45) is 0 Å². The van der Waals surface area contributed by atoms with Crippen LogP contribution >= 0.6 is 15.9 Å². The van der Waals surface area contributed by atoms with E-state index in [1.54, 1.807) is 0 Å². The number of hydrogen-bond donors (Lipinski definition) is 1. The number of nitrogens with zero attached hydrogens (tertiary/aromatic N) is 2. The van der Waals surface area contributed by atoms with Crippen molar-refractivity contribution in [1.29, 1.82) is 0 Å². The van der Waals surface area contributed by atoms with Gasteiger partial charge in [0, 0.05) is 12.7 Å². The van der Waals surface area contributed by atoms with Crippen molar-refractivity contribution in [3.8, 4) is 0 Å². The molecule has 7 heteroatoms. The molecule has 0 bridgehead atoms. The molecule has 0 unspecified atom stereocenters. The van der Waals surface area contributed by atoms with Crippen LogP contribution in [0.4, 0.5) is 8.78 Å². The van der Waals surface area contributed by atoms with Crippen LogP contribution < -0.4 is 0 Å². The highest BCUT2D eigenvalue weighted by Crippen LogP contribution is 2.15. The van der Waals surface area contributed by atoms with Gasteiger partial charge in [-0.2, -0.15) is 0 Å². The topological polar surface area (TPSA) is 53.4 Å². The van der Waals surface area contributed by atoms with E-state index < -0.39 is 18.9 Å². The monoisotopic (exact) mass is 308 g/mol. The Labute approximate surface area is 105 Å². The minimum absolute atomic E-state index is 0.134. The molecule has 4 nitrogen and oxygen atoms in total. The molecule has 1 rings (SSSR count). The third kappa shape index (κ3) is 4.01. The van der Waals surface area contributed by atoms with E-state index in [0.29, 0.717) is 4.60 Å². The van der Waals surface area contributed by atoms with Crippen LogP contribution in [0, 0.1) is 0 Å². The van der Waals surface area contributed by atoms with Crippen LogP contribution in [0.15, 0.2) is 22.9 Å². The second kappa shape index (κ2) is 6.61. The summed E-state index contributed by atoms with van der Waals surface area (Å²) >= 11 is 3.07. The van der Waals surface area contributed by atoms with Gasteiger partial charge in [0.15, 0.2) is 0 Å². The molecule has 94 valence electrons. The van der Waals surface area contributed by atoms with Gasteiger partial charge in [-0.15, -0.1) is 0 Å². The van der Waals surface area contributed by atoms with E-state index >= 15 is 0 Å². The van der Waals surface area contributed by atoms with Crippen molar-refractivity contribution in [2.75, 3.05) is 19.7 Å². The number of halogens is 3. The van der Waals surface area contributed by atoms with Gasteiger partial charge < -0.3 is 10.0 Å². The summed E-state index contributed by atoms with van der Waals surface area (Å²) < 4.78 is 24.9. The normalized spacial score (nSPS) is 10.6. The Morgan fingerprint density at radius 2 is 2.29 bits per heavy atom. The fourth-order valence-corrected chi connectivity index (χ4v) is 1.70. The fraction of sp³-hybridized carbons (Fsp3) is 0.400. The number of amides is 1. The molecule has 0 aromatic carbocycles. The molecule has 1 aromatic heterocycles. The van der Waals surface area contributed by atoms with Crippen molar-refractivity contribution >= 4 is 21.8 Å². The summed E-state index contributed by atoms with van der Waals surface area (Å²) in [7, 11) is 0. The largest absolute Gasteiger partial charge is 0.395 e. The number of rotatable bonds is 5. The van der Waals surface area contributed by atoms with Crippen molar-refractivity contribution in [2.45, 2.75) is 6.43 Å². The van der Waals surface area contributed by atoms with Crippen LogP contribution in [-0.4, -0.2) is 47.0 Å². The fourth-order valence-electron chi connectivity index (χ4n) is 1.28. The van der Waals surface area contributed by atoms with Crippen LogP contribution in [0.2, 0.25) is 0 Å². The molecule has 1 amide bonds. The Balaban J connectivity index is 2.88. The van der Waals surface area contributed by atoms with Gasteiger partial charge in [-0.1, -0.05) is 0 Å². The van der Waals surface area contributed by atoms with Crippen LogP contribution in [0.1, 0.15) is 10.4 Å². The third-order valence-corrected chi connectivity index (χ3v) is 2.64. The number of pyridine rings is 1. The van der Waals surface area contributed by atoms with Crippen LogP contribution in [0.25, 0.3) is 0 Å². The molecule has 1 N–H and O–H groups in total. The zero-order valence-electron chi connectivity index (χ0n) is 8.81. The van der Waals surface area contributed by atoms with E-state index in [1.165, 1.54) is 18.3 Å². The Kier molecular flexibility index (Phi) is 5.43. The van der Waals surface area contributed by atoms with Crippen molar-refractivity contribution in [1.82, 2.24) is 9.88 Å². The molecule has 0 atom stereocenters. The third-order valence-electron chi connectivity index (χ3n) is 2.01. The van der Waals surface area contributed by atoms with Gasteiger partial charge in [0.2, 0.25) is 0 Å². The highest BCUT2D eigenvalue weighted by Gasteiger charge is 2.21. The maximum atomic E-state index is 12.3. The lowest BCUT2D eigenvalue weighted by Crippen LogP contribution is -2.37. The minimum atomic E-state index is -2.64. The van der Waals surface area contributed by atoms with Crippen LogP contribution in [0.3, 0.4) is 0 Å². The average Bonchev–Trinajstić information content (AvgIpc) is 2.28. The quantitative estimate of drug-likeness (QED) is 0.840. The second-order valence-electron chi connectivity index (χ2n) is 3.21. The molecule has 0 aliphatic carbocycles. The maximum Gasteiger partial charge on any atom is 0.256 e. The summed E-state index contributed by atoms with van der Waals surface area (Å²) in [5.41, 5.74) is 0.196.